The fourth-order valence-corrected chi connectivity index (χ4v) is 3.71. The van der Waals surface area contributed by atoms with Crippen molar-refractivity contribution in [2.75, 3.05) is 33.7 Å². The van der Waals surface area contributed by atoms with Crippen molar-refractivity contribution in [3.63, 3.8) is 0 Å². The fourth-order valence-electron chi connectivity index (χ4n) is 2.56. The molecule has 1 aliphatic rings. The zero-order valence-electron chi connectivity index (χ0n) is 13.9. The van der Waals surface area contributed by atoms with Gasteiger partial charge in [0.1, 0.15) is 6.04 Å². The minimum absolute atomic E-state index is 0.0602. The van der Waals surface area contributed by atoms with Crippen LogP contribution in [-0.4, -0.2) is 71.7 Å². The number of carbonyl (C=O) groups excluding carboxylic acids is 1. The zero-order chi connectivity index (χ0) is 17.2. The maximum Gasteiger partial charge on any atom is 0.281 e. The molecule has 9 nitrogen and oxygen atoms in total. The Morgan fingerprint density at radius 3 is 2.61 bits per heavy atom. The molecule has 0 aliphatic carbocycles. The molecular weight excluding hydrogens is 322 g/mol. The van der Waals surface area contributed by atoms with E-state index in [-0.39, 0.29) is 18.3 Å². The molecule has 0 bridgehead atoms. The van der Waals surface area contributed by atoms with Gasteiger partial charge in [0.2, 0.25) is 5.91 Å². The Balaban J connectivity index is 2.38. The maximum atomic E-state index is 12.4. The maximum absolute atomic E-state index is 12.4. The Kier molecular flexibility index (Phi) is 5.37. The zero-order valence-corrected chi connectivity index (χ0v) is 14.7. The van der Waals surface area contributed by atoms with Gasteiger partial charge in [-0.15, -0.1) is 0 Å². The summed E-state index contributed by atoms with van der Waals surface area (Å²) in [7, 11) is -0.600. The summed E-state index contributed by atoms with van der Waals surface area (Å²) in [6.07, 6.45) is 0.895. The number of hydrogen-bond donors (Lipinski definition) is 0. The van der Waals surface area contributed by atoms with Crippen molar-refractivity contribution < 1.29 is 17.7 Å². The Labute approximate surface area is 136 Å². The Morgan fingerprint density at radius 1 is 1.39 bits per heavy atom. The van der Waals surface area contributed by atoms with E-state index in [9.17, 15) is 13.2 Å². The molecule has 1 amide bonds. The molecule has 0 N–H and O–H groups in total. The molecule has 1 aromatic heterocycles. The van der Waals surface area contributed by atoms with E-state index in [1.54, 1.807) is 18.7 Å². The lowest BCUT2D eigenvalue weighted by molar-refractivity contribution is -0.133. The fraction of sp³-hybridized carbons (Fsp3) is 0.769. The van der Waals surface area contributed by atoms with Gasteiger partial charge in [0.05, 0.1) is 0 Å². The van der Waals surface area contributed by atoms with E-state index in [1.807, 2.05) is 0 Å². The smallest absolute Gasteiger partial charge is 0.281 e. The van der Waals surface area contributed by atoms with Gasteiger partial charge in [-0.25, -0.2) is 0 Å². The van der Waals surface area contributed by atoms with Crippen LogP contribution >= 0.6 is 0 Å². The second kappa shape index (κ2) is 6.93. The highest BCUT2D eigenvalue weighted by Crippen LogP contribution is 2.26. The molecule has 23 heavy (non-hydrogen) atoms. The van der Waals surface area contributed by atoms with Crippen LogP contribution in [0.15, 0.2) is 4.52 Å². The van der Waals surface area contributed by atoms with Crippen molar-refractivity contribution in [1.29, 1.82) is 0 Å². The molecule has 1 aliphatic heterocycles. The third-order valence-corrected chi connectivity index (χ3v) is 5.71. The van der Waals surface area contributed by atoms with Crippen LogP contribution in [0, 0.1) is 6.92 Å². The lowest BCUT2D eigenvalue weighted by Crippen LogP contribution is -2.44. The number of nitrogens with zero attached hydrogens (tertiary/aromatic N) is 5. The lowest BCUT2D eigenvalue weighted by atomic mass is 10.2. The van der Waals surface area contributed by atoms with Crippen molar-refractivity contribution in [2.24, 2.45) is 0 Å². The molecule has 1 saturated heterocycles. The molecule has 2 heterocycles. The van der Waals surface area contributed by atoms with Gasteiger partial charge in [0.15, 0.2) is 5.82 Å². The standard InChI is InChI=1S/C13H23N5O4S/c1-5-12(19)18-8-6-7-17(23(20,21)16(3)4)9-11(18)13-14-10(2)15-22-13/h11H,5-9H2,1-4H3. The summed E-state index contributed by atoms with van der Waals surface area (Å²) in [5, 5.41) is 3.76. The molecule has 1 aromatic rings. The van der Waals surface area contributed by atoms with Crippen molar-refractivity contribution >= 4 is 16.1 Å². The van der Waals surface area contributed by atoms with Crippen LogP contribution < -0.4 is 0 Å². The summed E-state index contributed by atoms with van der Waals surface area (Å²) in [5.41, 5.74) is 0. The van der Waals surface area contributed by atoms with Crippen molar-refractivity contribution in [3.05, 3.63) is 11.7 Å². The quantitative estimate of drug-likeness (QED) is 0.771. The molecule has 1 fully saturated rings. The second-order valence-corrected chi connectivity index (χ2v) is 7.78. The Morgan fingerprint density at radius 2 is 2.09 bits per heavy atom. The number of rotatable bonds is 4. The third-order valence-electron chi connectivity index (χ3n) is 3.80. The van der Waals surface area contributed by atoms with Crippen molar-refractivity contribution in [1.82, 2.24) is 23.7 Å². The molecule has 1 unspecified atom stereocenters. The first-order chi connectivity index (χ1) is 10.8. The van der Waals surface area contributed by atoms with Gasteiger partial charge in [-0.1, -0.05) is 12.1 Å². The molecule has 0 spiro atoms. The first-order valence-electron chi connectivity index (χ1n) is 7.54. The number of aromatic nitrogens is 2. The lowest BCUT2D eigenvalue weighted by Gasteiger charge is -2.29. The van der Waals surface area contributed by atoms with E-state index in [1.165, 1.54) is 22.7 Å². The summed E-state index contributed by atoms with van der Waals surface area (Å²) < 4.78 is 32.6. The van der Waals surface area contributed by atoms with Gasteiger partial charge in [0.25, 0.3) is 16.1 Å². The van der Waals surface area contributed by atoms with Gasteiger partial charge in [-0.05, 0) is 13.3 Å². The Bertz CT molecular complexity index is 657. The monoisotopic (exact) mass is 345 g/mol. The number of carbonyl (C=O) groups is 1. The summed E-state index contributed by atoms with van der Waals surface area (Å²) in [5.74, 6) is 0.662. The highest BCUT2D eigenvalue weighted by atomic mass is 32.2. The number of hydrogen-bond acceptors (Lipinski definition) is 6. The second-order valence-electron chi connectivity index (χ2n) is 5.64. The average Bonchev–Trinajstić information content (AvgIpc) is 2.80. The van der Waals surface area contributed by atoms with E-state index < -0.39 is 16.3 Å². The highest BCUT2D eigenvalue weighted by Gasteiger charge is 2.37. The predicted octanol–water partition coefficient (Wildman–Crippen LogP) is 0.170. The van der Waals surface area contributed by atoms with E-state index in [2.05, 4.69) is 10.1 Å². The summed E-state index contributed by atoms with van der Waals surface area (Å²) >= 11 is 0. The predicted molar refractivity (Wildman–Crippen MR) is 82.6 cm³/mol. The first kappa shape index (κ1) is 17.8. The van der Waals surface area contributed by atoms with Crippen LogP contribution in [0.1, 0.15) is 37.5 Å². The highest BCUT2D eigenvalue weighted by molar-refractivity contribution is 7.86. The van der Waals surface area contributed by atoms with Gasteiger partial charge >= 0.3 is 0 Å². The SMILES string of the molecule is CCC(=O)N1CCCN(S(=O)(=O)N(C)C)CC1c1nc(C)no1. The summed E-state index contributed by atoms with van der Waals surface area (Å²) in [6.45, 7) is 4.37. The van der Waals surface area contributed by atoms with E-state index in [4.69, 9.17) is 4.52 Å². The minimum atomic E-state index is -3.57. The largest absolute Gasteiger partial charge is 0.337 e. The average molecular weight is 345 g/mol. The molecule has 130 valence electrons. The molecule has 1 atom stereocenters. The molecule has 0 saturated carbocycles. The number of amides is 1. The van der Waals surface area contributed by atoms with Gasteiger partial charge in [-0.3, -0.25) is 4.79 Å². The van der Waals surface area contributed by atoms with E-state index >= 15 is 0 Å². The van der Waals surface area contributed by atoms with Crippen LogP contribution in [0.25, 0.3) is 0 Å². The minimum Gasteiger partial charge on any atom is -0.337 e. The van der Waals surface area contributed by atoms with Crippen molar-refractivity contribution in [2.45, 2.75) is 32.7 Å². The summed E-state index contributed by atoms with van der Waals surface area (Å²) in [6, 6.07) is -0.569. The molecule has 2 rings (SSSR count). The van der Waals surface area contributed by atoms with E-state index in [0.29, 0.717) is 31.8 Å². The first-order valence-corrected chi connectivity index (χ1v) is 8.94. The molecule has 10 heteroatoms. The van der Waals surface area contributed by atoms with Crippen LogP contribution in [0.3, 0.4) is 0 Å². The molecule has 0 radical (unpaired) electrons. The van der Waals surface area contributed by atoms with Gasteiger partial charge in [0, 0.05) is 40.2 Å². The Hall–Kier alpha value is -1.52. The van der Waals surface area contributed by atoms with Gasteiger partial charge in [-0.2, -0.15) is 22.0 Å². The van der Waals surface area contributed by atoms with Crippen LogP contribution in [-0.2, 0) is 15.0 Å². The van der Waals surface area contributed by atoms with Crippen molar-refractivity contribution in [3.8, 4) is 0 Å². The van der Waals surface area contributed by atoms with E-state index in [0.717, 1.165) is 0 Å². The third kappa shape index (κ3) is 3.70. The summed E-state index contributed by atoms with van der Waals surface area (Å²) in [4.78, 5) is 18.1. The number of aryl methyl sites for hydroxylation is 1. The molecular formula is C13H23N5O4S. The van der Waals surface area contributed by atoms with Crippen LogP contribution in [0.5, 0.6) is 0 Å². The van der Waals surface area contributed by atoms with Crippen LogP contribution in [0.2, 0.25) is 0 Å². The van der Waals surface area contributed by atoms with Crippen LogP contribution in [0.4, 0.5) is 0 Å². The normalized spacial score (nSPS) is 20.7. The van der Waals surface area contributed by atoms with Gasteiger partial charge < -0.3 is 9.42 Å². The molecule has 0 aromatic carbocycles. The topological polar surface area (TPSA) is 99.9 Å².